The Hall–Kier alpha value is -2.07. The van der Waals surface area contributed by atoms with Crippen molar-refractivity contribution in [2.45, 2.75) is 19.4 Å². The van der Waals surface area contributed by atoms with Crippen LogP contribution in [0.4, 0.5) is 0 Å². The van der Waals surface area contributed by atoms with Crippen LogP contribution in [-0.2, 0) is 9.53 Å². The first-order chi connectivity index (χ1) is 10.7. The number of nitrogens with zero attached hydrogens (tertiary/aromatic N) is 1. The molecule has 4 heteroatoms. The normalized spacial score (nSPS) is 17.0. The smallest absolute Gasteiger partial charge is 0.263 e. The minimum Gasteiger partial charge on any atom is -0.481 e. The molecule has 0 aliphatic carbocycles. The van der Waals surface area contributed by atoms with E-state index in [1.54, 1.807) is 0 Å². The highest BCUT2D eigenvalue weighted by molar-refractivity contribution is 5.84. The van der Waals surface area contributed by atoms with Crippen molar-refractivity contribution in [3.05, 3.63) is 42.5 Å². The molecule has 4 nitrogen and oxygen atoms in total. The van der Waals surface area contributed by atoms with Crippen molar-refractivity contribution in [1.82, 2.24) is 4.90 Å². The second-order valence-corrected chi connectivity index (χ2v) is 5.56. The predicted molar refractivity (Wildman–Crippen MR) is 86.1 cm³/mol. The molecule has 1 saturated heterocycles. The SMILES string of the molecule is C[C@H](Oc1ccc2ccccc2c1)C(=O)N1CCCOCC1. The molecule has 3 rings (SSSR count). The molecule has 1 atom stereocenters. The summed E-state index contributed by atoms with van der Waals surface area (Å²) in [7, 11) is 0. The average Bonchev–Trinajstić information content (AvgIpc) is 2.83. The quantitative estimate of drug-likeness (QED) is 0.875. The molecule has 1 amide bonds. The summed E-state index contributed by atoms with van der Waals surface area (Å²) in [4.78, 5) is 14.3. The predicted octanol–water partition coefficient (Wildman–Crippen LogP) is 2.86. The standard InChI is InChI=1S/C18H21NO3/c1-14(18(20)19-9-4-11-21-12-10-19)22-17-8-7-15-5-2-3-6-16(15)13-17/h2-3,5-8,13-14H,4,9-12H2,1H3/t14-/m0/s1. The summed E-state index contributed by atoms with van der Waals surface area (Å²) >= 11 is 0. The van der Waals surface area contributed by atoms with Gasteiger partial charge >= 0.3 is 0 Å². The van der Waals surface area contributed by atoms with Crippen molar-refractivity contribution in [3.63, 3.8) is 0 Å². The molecule has 1 fully saturated rings. The number of fused-ring (bicyclic) bond motifs is 1. The highest BCUT2D eigenvalue weighted by atomic mass is 16.5. The monoisotopic (exact) mass is 299 g/mol. The van der Waals surface area contributed by atoms with Gasteiger partial charge < -0.3 is 14.4 Å². The van der Waals surface area contributed by atoms with E-state index in [1.165, 1.54) is 5.39 Å². The molecule has 116 valence electrons. The van der Waals surface area contributed by atoms with Crippen LogP contribution < -0.4 is 4.74 Å². The topological polar surface area (TPSA) is 38.8 Å². The Kier molecular flexibility index (Phi) is 4.59. The van der Waals surface area contributed by atoms with Crippen LogP contribution in [-0.4, -0.2) is 43.2 Å². The summed E-state index contributed by atoms with van der Waals surface area (Å²) in [6.45, 7) is 4.52. The average molecular weight is 299 g/mol. The van der Waals surface area contributed by atoms with Crippen molar-refractivity contribution in [1.29, 1.82) is 0 Å². The lowest BCUT2D eigenvalue weighted by atomic mass is 10.1. The second kappa shape index (κ2) is 6.79. The van der Waals surface area contributed by atoms with Gasteiger partial charge in [0, 0.05) is 19.7 Å². The van der Waals surface area contributed by atoms with Crippen LogP contribution in [0.5, 0.6) is 5.75 Å². The van der Waals surface area contributed by atoms with Crippen LogP contribution in [0.3, 0.4) is 0 Å². The Morgan fingerprint density at radius 3 is 2.82 bits per heavy atom. The highest BCUT2D eigenvalue weighted by Crippen LogP contribution is 2.21. The van der Waals surface area contributed by atoms with Gasteiger partial charge in [0.25, 0.3) is 5.91 Å². The maximum Gasteiger partial charge on any atom is 0.263 e. The van der Waals surface area contributed by atoms with E-state index in [0.717, 1.165) is 30.7 Å². The molecule has 22 heavy (non-hydrogen) atoms. The summed E-state index contributed by atoms with van der Waals surface area (Å²) in [5.41, 5.74) is 0. The number of carbonyl (C=O) groups is 1. The Morgan fingerprint density at radius 2 is 1.95 bits per heavy atom. The Balaban J connectivity index is 1.68. The van der Waals surface area contributed by atoms with Gasteiger partial charge in [-0.1, -0.05) is 30.3 Å². The maximum absolute atomic E-state index is 12.5. The fourth-order valence-electron chi connectivity index (χ4n) is 2.72. The molecule has 0 radical (unpaired) electrons. The fraction of sp³-hybridized carbons (Fsp3) is 0.389. The second-order valence-electron chi connectivity index (χ2n) is 5.56. The zero-order valence-corrected chi connectivity index (χ0v) is 12.8. The first-order valence-electron chi connectivity index (χ1n) is 7.76. The number of hydrogen-bond donors (Lipinski definition) is 0. The third-order valence-electron chi connectivity index (χ3n) is 3.92. The molecule has 0 bridgehead atoms. The van der Waals surface area contributed by atoms with Gasteiger partial charge in [0.05, 0.1) is 6.61 Å². The lowest BCUT2D eigenvalue weighted by molar-refractivity contribution is -0.138. The van der Waals surface area contributed by atoms with Crippen LogP contribution in [0.25, 0.3) is 10.8 Å². The van der Waals surface area contributed by atoms with E-state index in [2.05, 4.69) is 6.07 Å². The van der Waals surface area contributed by atoms with Crippen molar-refractivity contribution in [3.8, 4) is 5.75 Å². The highest BCUT2D eigenvalue weighted by Gasteiger charge is 2.23. The molecule has 1 aliphatic heterocycles. The van der Waals surface area contributed by atoms with Crippen molar-refractivity contribution >= 4 is 16.7 Å². The van der Waals surface area contributed by atoms with Crippen LogP contribution in [0.15, 0.2) is 42.5 Å². The van der Waals surface area contributed by atoms with Crippen molar-refractivity contribution in [2.75, 3.05) is 26.3 Å². The summed E-state index contributed by atoms with van der Waals surface area (Å²) in [5, 5.41) is 2.28. The van der Waals surface area contributed by atoms with Gasteiger partial charge in [-0.25, -0.2) is 0 Å². The van der Waals surface area contributed by atoms with E-state index in [0.29, 0.717) is 13.2 Å². The zero-order valence-electron chi connectivity index (χ0n) is 12.8. The van der Waals surface area contributed by atoms with Gasteiger partial charge in [0.1, 0.15) is 5.75 Å². The lowest BCUT2D eigenvalue weighted by Gasteiger charge is -2.24. The maximum atomic E-state index is 12.5. The van der Waals surface area contributed by atoms with Crippen LogP contribution in [0.2, 0.25) is 0 Å². The minimum absolute atomic E-state index is 0.0265. The van der Waals surface area contributed by atoms with E-state index in [-0.39, 0.29) is 5.91 Å². The fourth-order valence-corrected chi connectivity index (χ4v) is 2.72. The van der Waals surface area contributed by atoms with E-state index < -0.39 is 6.10 Å². The van der Waals surface area contributed by atoms with Crippen LogP contribution in [0, 0.1) is 0 Å². The molecule has 2 aromatic rings. The van der Waals surface area contributed by atoms with Gasteiger partial charge in [0.2, 0.25) is 0 Å². The van der Waals surface area contributed by atoms with E-state index in [4.69, 9.17) is 9.47 Å². The van der Waals surface area contributed by atoms with E-state index >= 15 is 0 Å². The first-order valence-corrected chi connectivity index (χ1v) is 7.76. The molecular weight excluding hydrogens is 278 g/mol. The number of ether oxygens (including phenoxy) is 2. The van der Waals surface area contributed by atoms with Gasteiger partial charge in [-0.3, -0.25) is 4.79 Å². The number of rotatable bonds is 3. The lowest BCUT2D eigenvalue weighted by Crippen LogP contribution is -2.41. The van der Waals surface area contributed by atoms with Crippen molar-refractivity contribution < 1.29 is 14.3 Å². The Morgan fingerprint density at radius 1 is 1.14 bits per heavy atom. The molecule has 1 aliphatic rings. The molecule has 0 aromatic heterocycles. The molecule has 1 heterocycles. The molecule has 0 N–H and O–H groups in total. The Labute approximate surface area is 130 Å². The third kappa shape index (κ3) is 3.39. The van der Waals surface area contributed by atoms with Gasteiger partial charge in [-0.2, -0.15) is 0 Å². The van der Waals surface area contributed by atoms with E-state index in [9.17, 15) is 4.79 Å². The third-order valence-corrected chi connectivity index (χ3v) is 3.92. The Bertz CT molecular complexity index is 648. The summed E-state index contributed by atoms with van der Waals surface area (Å²) in [6, 6.07) is 14.0. The van der Waals surface area contributed by atoms with E-state index in [1.807, 2.05) is 48.2 Å². The van der Waals surface area contributed by atoms with Gasteiger partial charge in [0.15, 0.2) is 6.10 Å². The summed E-state index contributed by atoms with van der Waals surface area (Å²) in [6.07, 6.45) is 0.397. The molecular formula is C18H21NO3. The molecule has 0 saturated carbocycles. The summed E-state index contributed by atoms with van der Waals surface area (Å²) < 4.78 is 11.2. The van der Waals surface area contributed by atoms with Crippen molar-refractivity contribution in [2.24, 2.45) is 0 Å². The number of amides is 1. The number of hydrogen-bond acceptors (Lipinski definition) is 3. The largest absolute Gasteiger partial charge is 0.481 e. The zero-order chi connectivity index (χ0) is 15.4. The van der Waals surface area contributed by atoms with Gasteiger partial charge in [-0.05, 0) is 36.2 Å². The number of benzene rings is 2. The molecule has 0 unspecified atom stereocenters. The molecule has 2 aromatic carbocycles. The number of carbonyl (C=O) groups excluding carboxylic acids is 1. The van der Waals surface area contributed by atoms with Crippen LogP contribution in [0.1, 0.15) is 13.3 Å². The summed E-state index contributed by atoms with van der Waals surface area (Å²) in [5.74, 6) is 0.754. The molecule has 0 spiro atoms. The van der Waals surface area contributed by atoms with Crippen LogP contribution >= 0.6 is 0 Å². The van der Waals surface area contributed by atoms with Gasteiger partial charge in [-0.15, -0.1) is 0 Å². The first kappa shape index (κ1) is 14.9. The minimum atomic E-state index is -0.487.